The van der Waals surface area contributed by atoms with E-state index in [2.05, 4.69) is 10.1 Å². The predicted octanol–water partition coefficient (Wildman–Crippen LogP) is 1.92. The fraction of sp³-hybridized carbons (Fsp3) is 0.176. The molecule has 0 spiro atoms. The first-order valence-corrected chi connectivity index (χ1v) is 7.34. The molecule has 1 aromatic carbocycles. The third kappa shape index (κ3) is 3.60. The minimum atomic E-state index is -0.378. The number of carbonyl (C=O) groups excluding carboxylic acids is 2. The molecule has 1 saturated heterocycles. The molecule has 0 atom stereocenters. The van der Waals surface area contributed by atoms with Crippen LogP contribution in [0.5, 0.6) is 0 Å². The Hall–Kier alpha value is -3.02. The number of imide groups is 1. The van der Waals surface area contributed by atoms with E-state index in [4.69, 9.17) is 0 Å². The summed E-state index contributed by atoms with van der Waals surface area (Å²) in [5, 5.41) is 5.31. The van der Waals surface area contributed by atoms with Crippen LogP contribution in [0.2, 0.25) is 0 Å². The molecule has 2 aromatic rings. The van der Waals surface area contributed by atoms with Crippen LogP contribution < -0.4 is 0 Å². The molecule has 1 aliphatic heterocycles. The van der Waals surface area contributed by atoms with E-state index >= 15 is 0 Å². The fourth-order valence-electron chi connectivity index (χ4n) is 2.30. The van der Waals surface area contributed by atoms with Crippen molar-refractivity contribution in [2.24, 2.45) is 5.10 Å². The lowest BCUT2D eigenvalue weighted by Gasteiger charge is -2.13. The lowest BCUT2D eigenvalue weighted by atomic mass is 10.2. The summed E-state index contributed by atoms with van der Waals surface area (Å²) < 4.78 is 0. The van der Waals surface area contributed by atoms with Gasteiger partial charge in [-0.1, -0.05) is 30.3 Å². The quantitative estimate of drug-likeness (QED) is 0.626. The van der Waals surface area contributed by atoms with Gasteiger partial charge in [-0.15, -0.1) is 0 Å². The van der Waals surface area contributed by atoms with Crippen LogP contribution in [-0.4, -0.2) is 46.1 Å². The van der Waals surface area contributed by atoms with Gasteiger partial charge in [0, 0.05) is 18.9 Å². The van der Waals surface area contributed by atoms with Crippen LogP contribution in [0.1, 0.15) is 11.1 Å². The summed E-state index contributed by atoms with van der Waals surface area (Å²) in [5.74, 6) is -0.228. The zero-order valence-electron chi connectivity index (χ0n) is 12.5. The van der Waals surface area contributed by atoms with E-state index in [-0.39, 0.29) is 18.5 Å². The van der Waals surface area contributed by atoms with E-state index in [9.17, 15) is 9.59 Å². The smallest absolute Gasteiger partial charge is 0.272 e. The second kappa shape index (κ2) is 6.83. The fourth-order valence-corrected chi connectivity index (χ4v) is 2.30. The largest absolute Gasteiger partial charge is 0.347 e. The molecule has 3 rings (SSSR count). The Bertz CT molecular complexity index is 716. The number of hydrogen-bond acceptors (Lipinski definition) is 4. The second-order valence-electron chi connectivity index (χ2n) is 5.15. The summed E-state index contributed by atoms with van der Waals surface area (Å²) in [6.45, 7) is 0.331. The number of nitrogens with zero attached hydrogens (tertiary/aromatic N) is 4. The van der Waals surface area contributed by atoms with E-state index < -0.39 is 0 Å². The summed E-state index contributed by atoms with van der Waals surface area (Å²) in [4.78, 5) is 29.5. The summed E-state index contributed by atoms with van der Waals surface area (Å²) in [6.07, 6.45) is 5.58. The monoisotopic (exact) mass is 308 g/mol. The summed E-state index contributed by atoms with van der Waals surface area (Å²) in [5.41, 5.74) is 1.91. The van der Waals surface area contributed by atoms with Gasteiger partial charge in [0.25, 0.3) is 5.91 Å². The Morgan fingerprint density at radius 2 is 1.83 bits per heavy atom. The van der Waals surface area contributed by atoms with Crippen molar-refractivity contribution in [3.8, 4) is 0 Å². The number of amides is 3. The molecule has 1 aromatic heterocycles. The van der Waals surface area contributed by atoms with Crippen molar-refractivity contribution in [2.75, 3.05) is 13.1 Å². The third-order valence-corrected chi connectivity index (χ3v) is 3.56. The van der Waals surface area contributed by atoms with Gasteiger partial charge >= 0.3 is 6.03 Å². The molecule has 3 amide bonds. The molecule has 6 heteroatoms. The van der Waals surface area contributed by atoms with E-state index in [0.717, 1.165) is 11.1 Å². The molecule has 0 aliphatic carbocycles. The summed E-state index contributed by atoms with van der Waals surface area (Å²) in [7, 11) is 0. The zero-order valence-corrected chi connectivity index (χ0v) is 12.5. The Labute approximate surface area is 134 Å². The number of hydrazone groups is 1. The second-order valence-corrected chi connectivity index (χ2v) is 5.15. The number of urea groups is 1. The van der Waals surface area contributed by atoms with Gasteiger partial charge in [-0.3, -0.25) is 14.7 Å². The van der Waals surface area contributed by atoms with Gasteiger partial charge in [0.05, 0.1) is 6.21 Å². The highest BCUT2D eigenvalue weighted by molar-refractivity contribution is 6.02. The first-order chi connectivity index (χ1) is 11.2. The normalized spacial score (nSPS) is 15.0. The zero-order chi connectivity index (χ0) is 16.1. The van der Waals surface area contributed by atoms with Crippen molar-refractivity contribution in [3.05, 3.63) is 66.0 Å². The number of pyridine rings is 1. The Kier molecular flexibility index (Phi) is 4.42. The standard InChI is InChI=1S/C17H16N4O2/c22-16-13-21(19-12-15-4-2-1-3-5-15)17(23)20(16)11-8-14-6-9-18-10-7-14/h1-7,9-10,12H,8,11,13H2. The first kappa shape index (κ1) is 14.9. The molecule has 1 aliphatic rings. The van der Waals surface area contributed by atoms with Crippen LogP contribution in [0.3, 0.4) is 0 Å². The average Bonchev–Trinajstić information content (AvgIpc) is 2.87. The van der Waals surface area contributed by atoms with Gasteiger partial charge < -0.3 is 0 Å². The van der Waals surface area contributed by atoms with Crippen molar-refractivity contribution in [2.45, 2.75) is 6.42 Å². The lowest BCUT2D eigenvalue weighted by molar-refractivity contribution is -0.125. The van der Waals surface area contributed by atoms with Crippen molar-refractivity contribution in [3.63, 3.8) is 0 Å². The van der Waals surface area contributed by atoms with Gasteiger partial charge in [-0.05, 0) is 29.7 Å². The molecule has 0 saturated carbocycles. The van der Waals surface area contributed by atoms with Crippen LogP contribution in [-0.2, 0) is 11.2 Å². The topological polar surface area (TPSA) is 65.9 Å². The molecule has 1 fully saturated rings. The molecule has 23 heavy (non-hydrogen) atoms. The number of benzene rings is 1. The van der Waals surface area contributed by atoms with Gasteiger partial charge in [0.15, 0.2) is 0 Å². The minimum Gasteiger partial charge on any atom is -0.272 e. The predicted molar refractivity (Wildman–Crippen MR) is 85.8 cm³/mol. The average molecular weight is 308 g/mol. The van der Waals surface area contributed by atoms with Crippen LogP contribution in [0.4, 0.5) is 4.79 Å². The first-order valence-electron chi connectivity index (χ1n) is 7.34. The minimum absolute atomic E-state index is 0.0154. The van der Waals surface area contributed by atoms with E-state index in [1.807, 2.05) is 42.5 Å². The molecule has 6 nitrogen and oxygen atoms in total. The van der Waals surface area contributed by atoms with E-state index in [0.29, 0.717) is 13.0 Å². The van der Waals surface area contributed by atoms with Gasteiger partial charge in [0.1, 0.15) is 6.54 Å². The molecule has 116 valence electrons. The highest BCUT2D eigenvalue weighted by atomic mass is 16.2. The number of aromatic nitrogens is 1. The van der Waals surface area contributed by atoms with Crippen molar-refractivity contribution >= 4 is 18.2 Å². The molecular weight excluding hydrogens is 292 g/mol. The van der Waals surface area contributed by atoms with E-state index in [1.165, 1.54) is 9.91 Å². The summed E-state index contributed by atoms with van der Waals surface area (Å²) in [6, 6.07) is 12.8. The number of carbonyl (C=O) groups is 2. The SMILES string of the molecule is O=C1CN(N=Cc2ccccc2)C(=O)N1CCc1ccncc1. The molecular formula is C17H16N4O2. The molecule has 0 bridgehead atoms. The Morgan fingerprint density at radius 3 is 2.57 bits per heavy atom. The van der Waals surface area contributed by atoms with Gasteiger partial charge in [0.2, 0.25) is 0 Å². The number of hydrogen-bond donors (Lipinski definition) is 0. The van der Waals surface area contributed by atoms with Crippen LogP contribution >= 0.6 is 0 Å². The highest BCUT2D eigenvalue weighted by Crippen LogP contribution is 2.12. The maximum atomic E-state index is 12.3. The highest BCUT2D eigenvalue weighted by Gasteiger charge is 2.35. The van der Waals surface area contributed by atoms with Gasteiger partial charge in [-0.25, -0.2) is 9.80 Å². The van der Waals surface area contributed by atoms with Crippen molar-refractivity contribution < 1.29 is 9.59 Å². The Morgan fingerprint density at radius 1 is 1.09 bits per heavy atom. The molecule has 0 radical (unpaired) electrons. The van der Waals surface area contributed by atoms with Crippen LogP contribution in [0.15, 0.2) is 60.0 Å². The Balaban J connectivity index is 1.62. The summed E-state index contributed by atoms with van der Waals surface area (Å²) >= 11 is 0. The van der Waals surface area contributed by atoms with Crippen molar-refractivity contribution in [1.82, 2.24) is 14.9 Å². The molecule has 0 N–H and O–H groups in total. The number of rotatable bonds is 5. The van der Waals surface area contributed by atoms with Crippen molar-refractivity contribution in [1.29, 1.82) is 0 Å². The third-order valence-electron chi connectivity index (χ3n) is 3.56. The lowest BCUT2D eigenvalue weighted by Crippen LogP contribution is -2.33. The molecule has 2 heterocycles. The van der Waals surface area contributed by atoms with Crippen LogP contribution in [0.25, 0.3) is 0 Å². The van der Waals surface area contributed by atoms with Gasteiger partial charge in [-0.2, -0.15) is 5.10 Å². The maximum Gasteiger partial charge on any atom is 0.347 e. The van der Waals surface area contributed by atoms with E-state index in [1.54, 1.807) is 18.6 Å². The maximum absolute atomic E-state index is 12.3. The van der Waals surface area contributed by atoms with Crippen LogP contribution in [0, 0.1) is 0 Å². The molecule has 0 unspecified atom stereocenters.